The summed E-state index contributed by atoms with van der Waals surface area (Å²) >= 11 is 0. The van der Waals surface area contributed by atoms with Crippen LogP contribution in [0, 0.1) is 5.41 Å². The molecule has 1 aromatic carbocycles. The van der Waals surface area contributed by atoms with Gasteiger partial charge in [-0.05, 0) is 43.2 Å². The topological polar surface area (TPSA) is 3.24 Å². The summed E-state index contributed by atoms with van der Waals surface area (Å²) < 4.78 is 0. The maximum Gasteiger partial charge on any atom is 0.0366 e. The monoisotopic (exact) mass is 666 g/mol. The highest BCUT2D eigenvalue weighted by atomic mass is 15.1. The molecule has 1 heterocycles. The Morgan fingerprint density at radius 1 is 0.375 bits per heavy atom. The molecule has 1 saturated heterocycles. The summed E-state index contributed by atoms with van der Waals surface area (Å²) in [5.74, 6) is 0. The van der Waals surface area contributed by atoms with E-state index in [0.29, 0.717) is 5.41 Å². The highest BCUT2D eigenvalue weighted by molar-refractivity contribution is 5.46. The van der Waals surface area contributed by atoms with E-state index < -0.39 is 0 Å². The van der Waals surface area contributed by atoms with Gasteiger partial charge in [0, 0.05) is 18.8 Å². The van der Waals surface area contributed by atoms with Crippen molar-refractivity contribution in [2.24, 2.45) is 5.41 Å². The fourth-order valence-electron chi connectivity index (χ4n) is 8.60. The molecule has 1 nitrogen and oxygen atoms in total. The molecule has 1 fully saturated rings. The molecule has 0 radical (unpaired) electrons. The molecule has 0 atom stereocenters. The van der Waals surface area contributed by atoms with Crippen molar-refractivity contribution in [3.05, 3.63) is 30.3 Å². The van der Waals surface area contributed by atoms with Crippen molar-refractivity contribution in [2.75, 3.05) is 18.0 Å². The number of hydrogen-bond donors (Lipinski definition) is 0. The first kappa shape index (κ1) is 43.2. The van der Waals surface area contributed by atoms with E-state index in [1.54, 1.807) is 0 Å². The summed E-state index contributed by atoms with van der Waals surface area (Å²) in [4.78, 5) is 2.67. The summed E-state index contributed by atoms with van der Waals surface area (Å²) in [7, 11) is 0. The molecular formula is C47H87N. The minimum atomic E-state index is 0.622. The molecule has 1 aliphatic heterocycles. The average molecular weight is 666 g/mol. The van der Waals surface area contributed by atoms with Crippen molar-refractivity contribution in [2.45, 2.75) is 245 Å². The first-order chi connectivity index (χ1) is 23.8. The summed E-state index contributed by atoms with van der Waals surface area (Å²) in [6.45, 7) is 7.16. The Labute approximate surface area is 303 Å². The van der Waals surface area contributed by atoms with Gasteiger partial charge in [-0.15, -0.1) is 0 Å². The molecule has 0 spiro atoms. The van der Waals surface area contributed by atoms with Crippen LogP contribution in [0.1, 0.15) is 245 Å². The van der Waals surface area contributed by atoms with E-state index in [-0.39, 0.29) is 0 Å². The van der Waals surface area contributed by atoms with Crippen LogP contribution >= 0.6 is 0 Å². The Balaban J connectivity index is 1.51. The SMILES string of the molecule is CCCCCCCCCCCCCCCCCCC1(CCCCCCCCCCCCCCCCCC)CCN(c2ccccc2)CC1. The third-order valence-electron chi connectivity index (χ3n) is 12.1. The van der Waals surface area contributed by atoms with Crippen LogP contribution in [0.4, 0.5) is 5.69 Å². The van der Waals surface area contributed by atoms with Crippen LogP contribution in [0.25, 0.3) is 0 Å². The fourth-order valence-corrected chi connectivity index (χ4v) is 8.60. The number of piperidine rings is 1. The number of benzene rings is 1. The summed E-state index contributed by atoms with van der Waals surface area (Å²) in [5.41, 5.74) is 2.06. The lowest BCUT2D eigenvalue weighted by atomic mass is 9.71. The number of hydrogen-bond acceptors (Lipinski definition) is 1. The highest BCUT2D eigenvalue weighted by Gasteiger charge is 2.33. The van der Waals surface area contributed by atoms with Gasteiger partial charge >= 0.3 is 0 Å². The van der Waals surface area contributed by atoms with E-state index in [9.17, 15) is 0 Å². The second-order valence-corrected chi connectivity index (χ2v) is 16.4. The molecule has 1 heteroatoms. The molecule has 1 aromatic rings. The van der Waals surface area contributed by atoms with Gasteiger partial charge in [0.25, 0.3) is 0 Å². The van der Waals surface area contributed by atoms with E-state index in [4.69, 9.17) is 0 Å². The van der Waals surface area contributed by atoms with E-state index >= 15 is 0 Å². The number of para-hydroxylation sites is 1. The van der Waals surface area contributed by atoms with Gasteiger partial charge in [0.05, 0.1) is 0 Å². The van der Waals surface area contributed by atoms with Gasteiger partial charge in [-0.25, -0.2) is 0 Å². The Kier molecular flexibility index (Phi) is 28.8. The van der Waals surface area contributed by atoms with Crippen LogP contribution in [0.2, 0.25) is 0 Å². The molecule has 280 valence electrons. The molecule has 0 bridgehead atoms. The zero-order chi connectivity index (χ0) is 34.1. The first-order valence-corrected chi connectivity index (χ1v) is 22.6. The minimum absolute atomic E-state index is 0.622. The van der Waals surface area contributed by atoms with Crippen molar-refractivity contribution in [1.82, 2.24) is 0 Å². The van der Waals surface area contributed by atoms with Gasteiger partial charge in [0.2, 0.25) is 0 Å². The lowest BCUT2D eigenvalue weighted by molar-refractivity contribution is 0.169. The Morgan fingerprint density at radius 2 is 0.646 bits per heavy atom. The van der Waals surface area contributed by atoms with Crippen LogP contribution in [-0.4, -0.2) is 13.1 Å². The van der Waals surface area contributed by atoms with Crippen molar-refractivity contribution in [3.8, 4) is 0 Å². The highest BCUT2D eigenvalue weighted by Crippen LogP contribution is 2.42. The number of anilines is 1. The predicted octanol–water partition coefficient (Wildman–Crippen LogP) is 16.6. The zero-order valence-electron chi connectivity index (χ0n) is 33.2. The molecular weight excluding hydrogens is 579 g/mol. The van der Waals surface area contributed by atoms with E-state index in [1.165, 1.54) is 250 Å². The average Bonchev–Trinajstić information content (AvgIpc) is 3.12. The Morgan fingerprint density at radius 3 is 0.938 bits per heavy atom. The number of rotatable bonds is 35. The van der Waals surface area contributed by atoms with Crippen molar-refractivity contribution >= 4 is 5.69 Å². The van der Waals surface area contributed by atoms with Crippen molar-refractivity contribution in [1.29, 1.82) is 0 Å². The molecule has 0 amide bonds. The molecule has 2 rings (SSSR count). The lowest BCUT2D eigenvalue weighted by Crippen LogP contribution is -2.40. The van der Waals surface area contributed by atoms with Crippen LogP contribution in [0.5, 0.6) is 0 Å². The summed E-state index contributed by atoms with van der Waals surface area (Å²) in [5, 5.41) is 0. The van der Waals surface area contributed by atoms with Crippen molar-refractivity contribution < 1.29 is 0 Å². The molecule has 0 saturated carbocycles. The number of nitrogens with zero attached hydrogens (tertiary/aromatic N) is 1. The normalized spacial score (nSPS) is 14.6. The lowest BCUT2D eigenvalue weighted by Gasteiger charge is -2.43. The van der Waals surface area contributed by atoms with Gasteiger partial charge in [0.15, 0.2) is 0 Å². The third-order valence-corrected chi connectivity index (χ3v) is 12.1. The van der Waals surface area contributed by atoms with Gasteiger partial charge in [-0.3, -0.25) is 0 Å². The van der Waals surface area contributed by atoms with Crippen LogP contribution < -0.4 is 4.90 Å². The Bertz CT molecular complexity index is 725. The quantitative estimate of drug-likeness (QED) is 0.0652. The summed E-state index contributed by atoms with van der Waals surface area (Å²) in [6.07, 6.45) is 52.8. The van der Waals surface area contributed by atoms with Crippen molar-refractivity contribution in [3.63, 3.8) is 0 Å². The van der Waals surface area contributed by atoms with E-state index in [2.05, 4.69) is 49.1 Å². The first-order valence-electron chi connectivity index (χ1n) is 22.6. The zero-order valence-corrected chi connectivity index (χ0v) is 33.2. The maximum absolute atomic E-state index is 2.67. The largest absolute Gasteiger partial charge is 0.371 e. The minimum Gasteiger partial charge on any atom is -0.371 e. The van der Waals surface area contributed by atoms with Gasteiger partial charge < -0.3 is 4.90 Å². The molecule has 0 unspecified atom stereocenters. The smallest absolute Gasteiger partial charge is 0.0366 e. The maximum atomic E-state index is 2.67. The van der Waals surface area contributed by atoms with Crippen LogP contribution in [-0.2, 0) is 0 Å². The second kappa shape index (κ2) is 32.0. The van der Waals surface area contributed by atoms with Gasteiger partial charge in [-0.1, -0.05) is 238 Å². The van der Waals surface area contributed by atoms with Gasteiger partial charge in [0.1, 0.15) is 0 Å². The standard InChI is InChI=1S/C47H87N/c1-3-5-7-9-11-13-15-17-19-21-23-25-27-29-31-36-40-47(42-44-48(45-43-47)46-38-34-33-35-39-46)41-37-32-30-28-26-24-22-20-18-16-14-12-10-8-6-4-2/h33-35,38-39H,3-32,36-37,40-45H2,1-2H3. The van der Waals surface area contributed by atoms with E-state index in [1.807, 2.05) is 0 Å². The number of unbranched alkanes of at least 4 members (excludes halogenated alkanes) is 30. The molecule has 0 aliphatic carbocycles. The molecule has 0 N–H and O–H groups in total. The van der Waals surface area contributed by atoms with E-state index in [0.717, 1.165) is 0 Å². The third kappa shape index (κ3) is 23.4. The molecule has 1 aliphatic rings. The van der Waals surface area contributed by atoms with Crippen LogP contribution in [0.15, 0.2) is 30.3 Å². The van der Waals surface area contributed by atoms with Gasteiger partial charge in [-0.2, -0.15) is 0 Å². The Hall–Kier alpha value is -0.980. The fraction of sp³-hybridized carbons (Fsp3) is 0.872. The molecule has 48 heavy (non-hydrogen) atoms. The summed E-state index contributed by atoms with van der Waals surface area (Å²) in [6, 6.07) is 11.2. The predicted molar refractivity (Wildman–Crippen MR) is 219 cm³/mol. The second-order valence-electron chi connectivity index (χ2n) is 16.4. The van der Waals surface area contributed by atoms with Crippen LogP contribution in [0.3, 0.4) is 0 Å². The molecule has 0 aromatic heterocycles.